The standard InChI is InChI=1S/C25H24FN3O3S2/c1-17-14-18(2)24-22(15-17)28-25(33-24)29(16-20-6-3-4-12-27-20)23(30)7-5-13-34(31,32)21-10-8-19(26)9-11-21/h3-4,6,8-12,14-15H,5,7,13,16H2,1-2H3. The first-order valence-electron chi connectivity index (χ1n) is 10.8. The van der Waals surface area contributed by atoms with Gasteiger partial charge in [0.1, 0.15) is 5.82 Å². The molecule has 6 nitrogen and oxygen atoms in total. The highest BCUT2D eigenvalue weighted by Crippen LogP contribution is 2.33. The van der Waals surface area contributed by atoms with Crippen LogP contribution < -0.4 is 4.90 Å². The van der Waals surface area contributed by atoms with Gasteiger partial charge in [-0.2, -0.15) is 0 Å². The Hall–Kier alpha value is -3.17. The second kappa shape index (κ2) is 9.99. The summed E-state index contributed by atoms with van der Waals surface area (Å²) in [7, 11) is -3.62. The van der Waals surface area contributed by atoms with Gasteiger partial charge in [-0.05, 0) is 73.9 Å². The van der Waals surface area contributed by atoms with Gasteiger partial charge < -0.3 is 0 Å². The van der Waals surface area contributed by atoms with Crippen LogP contribution in [-0.4, -0.2) is 30.0 Å². The summed E-state index contributed by atoms with van der Waals surface area (Å²) in [6.45, 7) is 4.26. The third kappa shape index (κ3) is 5.48. The van der Waals surface area contributed by atoms with Crippen molar-refractivity contribution in [2.45, 2.75) is 38.1 Å². The number of pyridine rings is 1. The van der Waals surface area contributed by atoms with Crippen LogP contribution in [-0.2, 0) is 21.2 Å². The zero-order valence-electron chi connectivity index (χ0n) is 18.9. The first-order chi connectivity index (χ1) is 16.2. The minimum Gasteiger partial charge on any atom is -0.282 e. The van der Waals surface area contributed by atoms with Crippen molar-refractivity contribution in [3.63, 3.8) is 0 Å². The van der Waals surface area contributed by atoms with Crippen molar-refractivity contribution in [3.05, 3.63) is 83.4 Å². The van der Waals surface area contributed by atoms with Crippen LogP contribution in [0.1, 0.15) is 29.7 Å². The number of carbonyl (C=O) groups is 1. The van der Waals surface area contributed by atoms with Crippen molar-refractivity contribution in [3.8, 4) is 0 Å². The van der Waals surface area contributed by atoms with Gasteiger partial charge in [-0.3, -0.25) is 14.7 Å². The van der Waals surface area contributed by atoms with E-state index in [4.69, 9.17) is 4.98 Å². The lowest BCUT2D eigenvalue weighted by molar-refractivity contribution is -0.118. The second-order valence-corrected chi connectivity index (χ2v) is 11.2. The molecule has 2 heterocycles. The fourth-order valence-corrected chi connectivity index (χ4v) is 6.05. The quantitative estimate of drug-likeness (QED) is 0.311. The van der Waals surface area contributed by atoms with Gasteiger partial charge in [-0.15, -0.1) is 0 Å². The fraction of sp³-hybridized carbons (Fsp3) is 0.240. The topological polar surface area (TPSA) is 80.2 Å². The molecular weight excluding hydrogens is 473 g/mol. The summed E-state index contributed by atoms with van der Waals surface area (Å²) in [6, 6.07) is 14.3. The van der Waals surface area contributed by atoms with Crippen LogP contribution in [0.25, 0.3) is 10.2 Å². The maximum atomic E-state index is 13.3. The number of amides is 1. The summed E-state index contributed by atoms with van der Waals surface area (Å²) in [5.74, 6) is -0.936. The molecule has 0 saturated heterocycles. The highest BCUT2D eigenvalue weighted by Gasteiger charge is 2.22. The van der Waals surface area contributed by atoms with Crippen LogP contribution in [0.3, 0.4) is 0 Å². The summed E-state index contributed by atoms with van der Waals surface area (Å²) in [6.07, 6.45) is 1.83. The molecule has 0 bridgehead atoms. The molecule has 176 valence electrons. The first-order valence-corrected chi connectivity index (χ1v) is 13.3. The molecule has 0 saturated carbocycles. The molecule has 0 fully saturated rings. The van der Waals surface area contributed by atoms with Crippen LogP contribution in [0.15, 0.2) is 65.7 Å². The summed E-state index contributed by atoms with van der Waals surface area (Å²) in [5, 5.41) is 0.556. The summed E-state index contributed by atoms with van der Waals surface area (Å²) >= 11 is 1.44. The number of nitrogens with zero attached hydrogens (tertiary/aromatic N) is 3. The average molecular weight is 498 g/mol. The Morgan fingerprint density at radius 1 is 1.09 bits per heavy atom. The monoisotopic (exact) mass is 497 g/mol. The molecule has 2 aromatic heterocycles. The van der Waals surface area contributed by atoms with Gasteiger partial charge in [0.25, 0.3) is 0 Å². The Labute approximate surface area is 202 Å². The molecule has 0 unspecified atom stereocenters. The zero-order valence-corrected chi connectivity index (χ0v) is 20.5. The average Bonchev–Trinajstić information content (AvgIpc) is 3.22. The van der Waals surface area contributed by atoms with Gasteiger partial charge in [0, 0.05) is 12.6 Å². The molecule has 1 amide bonds. The highest BCUT2D eigenvalue weighted by atomic mass is 32.2. The normalized spacial score (nSPS) is 11.6. The summed E-state index contributed by atoms with van der Waals surface area (Å²) < 4.78 is 39.3. The Balaban J connectivity index is 1.55. The molecule has 0 radical (unpaired) electrons. The number of hydrogen-bond donors (Lipinski definition) is 0. The second-order valence-electron chi connectivity index (χ2n) is 8.10. The molecule has 2 aromatic carbocycles. The zero-order chi connectivity index (χ0) is 24.3. The van der Waals surface area contributed by atoms with E-state index in [0.717, 1.165) is 33.5 Å². The highest BCUT2D eigenvalue weighted by molar-refractivity contribution is 7.91. The van der Waals surface area contributed by atoms with Gasteiger partial charge in [0.05, 0.1) is 33.1 Å². The minimum atomic E-state index is -3.62. The Kier molecular flexibility index (Phi) is 7.04. The van der Waals surface area contributed by atoms with Crippen molar-refractivity contribution < 1.29 is 17.6 Å². The van der Waals surface area contributed by atoms with E-state index in [1.165, 1.54) is 23.5 Å². The number of anilines is 1. The Bertz CT molecular complexity index is 1420. The number of halogens is 1. The lowest BCUT2D eigenvalue weighted by atomic mass is 10.1. The van der Waals surface area contributed by atoms with E-state index in [1.807, 2.05) is 32.0 Å². The predicted molar refractivity (Wildman–Crippen MR) is 132 cm³/mol. The number of rotatable bonds is 8. The predicted octanol–water partition coefficient (Wildman–Crippen LogP) is 5.23. The third-order valence-corrected chi connectivity index (χ3v) is 8.41. The largest absolute Gasteiger partial charge is 0.282 e. The van der Waals surface area contributed by atoms with E-state index in [-0.39, 0.29) is 35.9 Å². The fourth-order valence-electron chi connectivity index (χ4n) is 3.70. The Morgan fingerprint density at radius 2 is 1.85 bits per heavy atom. The minimum absolute atomic E-state index is 0.0290. The van der Waals surface area contributed by atoms with Crippen LogP contribution in [0.5, 0.6) is 0 Å². The molecule has 0 aliphatic heterocycles. The van der Waals surface area contributed by atoms with Crippen molar-refractivity contribution in [1.82, 2.24) is 9.97 Å². The van der Waals surface area contributed by atoms with Crippen LogP contribution in [0.4, 0.5) is 9.52 Å². The van der Waals surface area contributed by atoms with Crippen molar-refractivity contribution in [2.24, 2.45) is 0 Å². The maximum Gasteiger partial charge on any atom is 0.229 e. The molecule has 0 N–H and O–H groups in total. The van der Waals surface area contributed by atoms with Crippen LogP contribution in [0.2, 0.25) is 0 Å². The number of aromatic nitrogens is 2. The molecular formula is C25H24FN3O3S2. The lowest BCUT2D eigenvalue weighted by Gasteiger charge is -2.19. The van der Waals surface area contributed by atoms with E-state index in [2.05, 4.69) is 11.1 Å². The van der Waals surface area contributed by atoms with Crippen molar-refractivity contribution >= 4 is 42.4 Å². The summed E-state index contributed by atoms with van der Waals surface area (Å²) in [4.78, 5) is 23.9. The number of thiazole rings is 1. The number of hydrogen-bond acceptors (Lipinski definition) is 6. The lowest BCUT2D eigenvalue weighted by Crippen LogP contribution is -2.30. The van der Waals surface area contributed by atoms with Gasteiger partial charge in [0.15, 0.2) is 15.0 Å². The van der Waals surface area contributed by atoms with E-state index < -0.39 is 15.7 Å². The van der Waals surface area contributed by atoms with Gasteiger partial charge in [0.2, 0.25) is 5.91 Å². The molecule has 9 heteroatoms. The number of carbonyl (C=O) groups excluding carboxylic acids is 1. The van der Waals surface area contributed by atoms with Crippen molar-refractivity contribution in [1.29, 1.82) is 0 Å². The maximum absolute atomic E-state index is 13.3. The third-order valence-electron chi connectivity index (χ3n) is 5.36. The van der Waals surface area contributed by atoms with Crippen LogP contribution >= 0.6 is 11.3 Å². The number of benzene rings is 2. The van der Waals surface area contributed by atoms with E-state index >= 15 is 0 Å². The SMILES string of the molecule is Cc1cc(C)c2sc(N(Cc3ccccn3)C(=O)CCCS(=O)(=O)c3ccc(F)cc3)nc2c1. The molecule has 4 aromatic rings. The molecule has 0 aliphatic carbocycles. The van der Waals surface area contributed by atoms with Crippen molar-refractivity contribution in [2.75, 3.05) is 10.7 Å². The van der Waals surface area contributed by atoms with Gasteiger partial charge in [-0.1, -0.05) is 23.5 Å². The number of aryl methyl sites for hydroxylation is 2. The van der Waals surface area contributed by atoms with Gasteiger partial charge in [-0.25, -0.2) is 17.8 Å². The smallest absolute Gasteiger partial charge is 0.229 e. The van der Waals surface area contributed by atoms with E-state index in [9.17, 15) is 17.6 Å². The van der Waals surface area contributed by atoms with E-state index in [1.54, 1.807) is 17.2 Å². The van der Waals surface area contributed by atoms with E-state index in [0.29, 0.717) is 10.8 Å². The molecule has 0 spiro atoms. The number of fused-ring (bicyclic) bond motifs is 1. The molecule has 0 aliphatic rings. The Morgan fingerprint density at radius 3 is 2.56 bits per heavy atom. The first kappa shape index (κ1) is 24.0. The molecule has 4 rings (SSSR count). The molecule has 0 atom stereocenters. The summed E-state index contributed by atoms with van der Waals surface area (Å²) in [5.41, 5.74) is 3.72. The number of sulfone groups is 1. The molecule has 34 heavy (non-hydrogen) atoms. The van der Waals surface area contributed by atoms with Gasteiger partial charge >= 0.3 is 0 Å². The van der Waals surface area contributed by atoms with Crippen LogP contribution in [0, 0.1) is 19.7 Å².